The standard InChI is InChI=1S/C29H22O4/c1-29(28(32)33,26-22-14-16-6-2-4-8-18(16)20(22)10-12-24(26)30)27-23-15-17-7-3-5-9-19(17)21(23)11-13-25(27)31/h2-13,30-31H,14-15H2,1H3,(H,32,33). The minimum Gasteiger partial charge on any atom is -0.508 e. The van der Waals surface area contributed by atoms with Crippen LogP contribution in [0.2, 0.25) is 0 Å². The summed E-state index contributed by atoms with van der Waals surface area (Å²) in [4.78, 5) is 13.0. The number of carbonyl (C=O) groups is 1. The van der Waals surface area contributed by atoms with Crippen molar-refractivity contribution in [3.8, 4) is 33.8 Å². The summed E-state index contributed by atoms with van der Waals surface area (Å²) in [5.74, 6) is -1.25. The minimum absolute atomic E-state index is 0.0704. The summed E-state index contributed by atoms with van der Waals surface area (Å²) in [5, 5.41) is 32.8. The van der Waals surface area contributed by atoms with Crippen molar-refractivity contribution in [3.63, 3.8) is 0 Å². The average molecular weight is 434 g/mol. The fraction of sp³-hybridized carbons (Fsp3) is 0.138. The van der Waals surface area contributed by atoms with Gasteiger partial charge in [0.25, 0.3) is 0 Å². The van der Waals surface area contributed by atoms with Gasteiger partial charge in [-0.25, -0.2) is 0 Å². The number of aliphatic carboxylic acids is 1. The molecule has 4 aromatic carbocycles. The van der Waals surface area contributed by atoms with E-state index >= 15 is 0 Å². The highest BCUT2D eigenvalue weighted by Gasteiger charge is 2.47. The number of hydrogen-bond donors (Lipinski definition) is 3. The first-order valence-corrected chi connectivity index (χ1v) is 11.0. The van der Waals surface area contributed by atoms with Gasteiger partial charge in [-0.1, -0.05) is 60.7 Å². The molecule has 0 spiro atoms. The fourth-order valence-corrected chi connectivity index (χ4v) is 5.85. The lowest BCUT2D eigenvalue weighted by atomic mass is 9.70. The lowest BCUT2D eigenvalue weighted by Crippen LogP contribution is -2.36. The maximum absolute atomic E-state index is 13.0. The molecule has 2 aliphatic rings. The molecule has 0 radical (unpaired) electrons. The van der Waals surface area contributed by atoms with Crippen molar-refractivity contribution < 1.29 is 20.1 Å². The molecule has 162 valence electrons. The number of aromatic hydroxyl groups is 2. The molecule has 0 amide bonds. The second-order valence-corrected chi connectivity index (χ2v) is 9.07. The lowest BCUT2D eigenvalue weighted by Gasteiger charge is -2.31. The Morgan fingerprint density at radius 2 is 1.09 bits per heavy atom. The Labute approximate surface area is 191 Å². The summed E-state index contributed by atoms with van der Waals surface area (Å²) in [6.45, 7) is 1.60. The topological polar surface area (TPSA) is 77.8 Å². The van der Waals surface area contributed by atoms with Gasteiger partial charge >= 0.3 is 5.97 Å². The van der Waals surface area contributed by atoms with Crippen LogP contribution in [0.25, 0.3) is 22.3 Å². The zero-order valence-electron chi connectivity index (χ0n) is 18.1. The van der Waals surface area contributed by atoms with Crippen molar-refractivity contribution >= 4 is 5.97 Å². The van der Waals surface area contributed by atoms with E-state index < -0.39 is 11.4 Å². The van der Waals surface area contributed by atoms with Crippen LogP contribution in [0.4, 0.5) is 0 Å². The van der Waals surface area contributed by atoms with E-state index in [1.54, 1.807) is 19.1 Å². The Balaban J connectivity index is 1.65. The van der Waals surface area contributed by atoms with Gasteiger partial charge < -0.3 is 15.3 Å². The largest absolute Gasteiger partial charge is 0.508 e. The van der Waals surface area contributed by atoms with Crippen LogP contribution in [-0.4, -0.2) is 21.3 Å². The molecule has 4 nitrogen and oxygen atoms in total. The Hall–Kier alpha value is -4.05. The molecule has 0 aromatic heterocycles. The number of phenols is 2. The summed E-state index contributed by atoms with van der Waals surface area (Å²) < 4.78 is 0. The highest BCUT2D eigenvalue weighted by molar-refractivity contribution is 5.93. The number of fused-ring (bicyclic) bond motifs is 6. The van der Waals surface area contributed by atoms with E-state index in [4.69, 9.17) is 0 Å². The summed E-state index contributed by atoms with van der Waals surface area (Å²) in [5.41, 5.74) is 6.82. The van der Waals surface area contributed by atoms with Crippen LogP contribution >= 0.6 is 0 Å². The molecule has 4 heteroatoms. The summed E-state index contributed by atoms with van der Waals surface area (Å²) in [6.07, 6.45) is 1.07. The van der Waals surface area contributed by atoms with Gasteiger partial charge in [0.15, 0.2) is 0 Å². The second-order valence-electron chi connectivity index (χ2n) is 9.07. The van der Waals surface area contributed by atoms with E-state index in [1.807, 2.05) is 60.7 Å². The van der Waals surface area contributed by atoms with Gasteiger partial charge in [-0.15, -0.1) is 0 Å². The Morgan fingerprint density at radius 1 is 0.667 bits per heavy atom. The molecule has 0 saturated heterocycles. The van der Waals surface area contributed by atoms with Gasteiger partial charge in [0.2, 0.25) is 0 Å². The summed E-state index contributed by atoms with van der Waals surface area (Å²) in [6, 6.07) is 22.8. The van der Waals surface area contributed by atoms with E-state index in [9.17, 15) is 20.1 Å². The highest BCUT2D eigenvalue weighted by Crippen LogP contribution is 2.52. The highest BCUT2D eigenvalue weighted by atomic mass is 16.4. The molecular formula is C29H22O4. The Morgan fingerprint density at radius 3 is 1.52 bits per heavy atom. The zero-order chi connectivity index (χ0) is 22.9. The molecule has 0 fully saturated rings. The second kappa shape index (κ2) is 6.72. The molecular weight excluding hydrogens is 412 g/mol. The average Bonchev–Trinajstić information content (AvgIpc) is 3.36. The molecule has 0 heterocycles. The van der Waals surface area contributed by atoms with Crippen LogP contribution in [0.15, 0.2) is 72.8 Å². The number of carboxylic acid groups (broad SMARTS) is 1. The molecule has 0 unspecified atom stereocenters. The SMILES string of the molecule is CC(C(=O)O)(c1c(O)ccc2c1Cc1ccccc1-2)c1c(O)ccc2c1Cc1ccccc1-2. The van der Waals surface area contributed by atoms with Crippen LogP contribution in [0.1, 0.15) is 40.3 Å². The van der Waals surface area contributed by atoms with Crippen LogP contribution in [-0.2, 0) is 23.1 Å². The van der Waals surface area contributed by atoms with Crippen LogP contribution < -0.4 is 0 Å². The third kappa shape index (κ3) is 2.55. The van der Waals surface area contributed by atoms with Gasteiger partial charge in [-0.3, -0.25) is 4.79 Å². The van der Waals surface area contributed by atoms with E-state index in [2.05, 4.69) is 0 Å². The molecule has 4 aromatic rings. The predicted molar refractivity (Wildman–Crippen MR) is 127 cm³/mol. The van der Waals surface area contributed by atoms with Gasteiger partial charge in [-0.05, 0) is 76.4 Å². The molecule has 33 heavy (non-hydrogen) atoms. The first-order chi connectivity index (χ1) is 15.9. The minimum atomic E-state index is -1.64. The maximum atomic E-state index is 13.0. The summed E-state index contributed by atoms with van der Waals surface area (Å²) in [7, 11) is 0. The smallest absolute Gasteiger partial charge is 0.318 e. The van der Waals surface area contributed by atoms with E-state index in [0.717, 1.165) is 44.5 Å². The summed E-state index contributed by atoms with van der Waals surface area (Å²) >= 11 is 0. The molecule has 2 aliphatic carbocycles. The zero-order valence-corrected chi connectivity index (χ0v) is 18.1. The van der Waals surface area contributed by atoms with Gasteiger partial charge in [0.1, 0.15) is 16.9 Å². The van der Waals surface area contributed by atoms with E-state index in [0.29, 0.717) is 24.0 Å². The predicted octanol–water partition coefficient (Wildman–Crippen LogP) is 5.63. The van der Waals surface area contributed by atoms with Gasteiger partial charge in [-0.2, -0.15) is 0 Å². The Kier molecular flexibility index (Phi) is 4.00. The molecule has 3 N–H and O–H groups in total. The van der Waals surface area contributed by atoms with E-state index in [-0.39, 0.29) is 11.5 Å². The van der Waals surface area contributed by atoms with Crippen molar-refractivity contribution in [1.29, 1.82) is 0 Å². The first kappa shape index (κ1) is 19.6. The number of phenolic OH excluding ortho intramolecular Hbond substituents is 2. The van der Waals surface area contributed by atoms with Crippen molar-refractivity contribution in [2.24, 2.45) is 0 Å². The number of hydrogen-bond acceptors (Lipinski definition) is 3. The lowest BCUT2D eigenvalue weighted by molar-refractivity contribution is -0.141. The van der Waals surface area contributed by atoms with Crippen LogP contribution in [0.3, 0.4) is 0 Å². The third-order valence-electron chi connectivity index (χ3n) is 7.36. The number of rotatable bonds is 3. The van der Waals surface area contributed by atoms with Crippen molar-refractivity contribution in [2.45, 2.75) is 25.2 Å². The number of benzene rings is 4. The maximum Gasteiger partial charge on any atom is 0.318 e. The van der Waals surface area contributed by atoms with Crippen LogP contribution in [0, 0.1) is 0 Å². The normalized spacial score (nSPS) is 13.2. The van der Waals surface area contributed by atoms with Gasteiger partial charge in [0.05, 0.1) is 0 Å². The number of carboxylic acids is 1. The molecule has 0 atom stereocenters. The molecule has 0 saturated carbocycles. The molecule has 0 bridgehead atoms. The van der Waals surface area contributed by atoms with Gasteiger partial charge in [0, 0.05) is 11.1 Å². The van der Waals surface area contributed by atoms with Crippen molar-refractivity contribution in [3.05, 3.63) is 106 Å². The first-order valence-electron chi connectivity index (χ1n) is 11.0. The third-order valence-corrected chi connectivity index (χ3v) is 7.36. The quantitative estimate of drug-likeness (QED) is 0.337. The van der Waals surface area contributed by atoms with Crippen molar-refractivity contribution in [1.82, 2.24) is 0 Å². The molecule has 6 rings (SSSR count). The fourth-order valence-electron chi connectivity index (χ4n) is 5.85. The monoisotopic (exact) mass is 434 g/mol. The molecule has 0 aliphatic heterocycles. The van der Waals surface area contributed by atoms with E-state index in [1.165, 1.54) is 0 Å². The van der Waals surface area contributed by atoms with Crippen molar-refractivity contribution in [2.75, 3.05) is 0 Å². The Bertz CT molecular complexity index is 1380. The van der Waals surface area contributed by atoms with Crippen LogP contribution in [0.5, 0.6) is 11.5 Å².